The van der Waals surface area contributed by atoms with Gasteiger partial charge >= 0.3 is 5.97 Å². The van der Waals surface area contributed by atoms with Gasteiger partial charge in [-0.25, -0.2) is 9.64 Å². The second-order valence-electron chi connectivity index (χ2n) is 8.15. The molecule has 0 bridgehead atoms. The summed E-state index contributed by atoms with van der Waals surface area (Å²) in [6.07, 6.45) is 2.94. The van der Waals surface area contributed by atoms with Crippen LogP contribution in [0.2, 0.25) is 0 Å². The highest BCUT2D eigenvalue weighted by molar-refractivity contribution is 5.89. The van der Waals surface area contributed by atoms with E-state index in [1.165, 1.54) is 12.7 Å². The predicted molar refractivity (Wildman–Crippen MR) is 123 cm³/mol. The zero-order valence-corrected chi connectivity index (χ0v) is 18.6. The van der Waals surface area contributed by atoms with Crippen LogP contribution in [0.5, 0.6) is 0 Å². The van der Waals surface area contributed by atoms with E-state index in [9.17, 15) is 4.79 Å². The molecule has 164 valence electrons. The molecule has 3 rings (SSSR count). The van der Waals surface area contributed by atoms with Crippen LogP contribution in [-0.4, -0.2) is 63.9 Å². The Morgan fingerprint density at radius 3 is 2.29 bits per heavy atom. The van der Waals surface area contributed by atoms with Crippen molar-refractivity contribution in [2.24, 2.45) is 0 Å². The molecule has 2 aromatic carbocycles. The Labute approximate surface area is 185 Å². The number of rotatable bonds is 8. The Bertz CT molecular complexity index is 895. The minimum atomic E-state index is -0.322. The largest absolute Gasteiger partial charge is 0.465 e. The average molecular weight is 422 g/mol. The molecule has 0 atom stereocenters. The monoisotopic (exact) mass is 421 g/mol. The molecule has 1 fully saturated rings. The Balaban J connectivity index is 1.52. The summed E-state index contributed by atoms with van der Waals surface area (Å²) in [4.78, 5) is 19.8. The lowest BCUT2D eigenvalue weighted by Gasteiger charge is -2.43. The highest BCUT2D eigenvalue weighted by Crippen LogP contribution is 2.29. The minimum absolute atomic E-state index is 0.177. The lowest BCUT2D eigenvalue weighted by Crippen LogP contribution is -2.51. The number of likely N-dealkylation sites (tertiary alicyclic amines) is 1. The van der Waals surface area contributed by atoms with E-state index in [4.69, 9.17) is 16.0 Å². The first-order chi connectivity index (χ1) is 15.0. The van der Waals surface area contributed by atoms with Crippen LogP contribution >= 0.6 is 0 Å². The molecule has 0 amide bonds. The number of piperidine rings is 1. The van der Waals surface area contributed by atoms with Crippen LogP contribution in [0.4, 0.5) is 11.4 Å². The van der Waals surface area contributed by atoms with Gasteiger partial charge in [-0.1, -0.05) is 24.3 Å². The summed E-state index contributed by atoms with van der Waals surface area (Å²) >= 11 is 0. The molecule has 6 heteroatoms. The molecule has 6 nitrogen and oxygen atoms in total. The zero-order chi connectivity index (χ0) is 22.3. The number of esters is 1. The summed E-state index contributed by atoms with van der Waals surface area (Å²) in [7, 11) is 5.26. The number of carbonyl (C=O) groups excluding carboxylic acids is 1. The van der Waals surface area contributed by atoms with Crippen molar-refractivity contribution in [1.82, 2.24) is 4.90 Å². The number of hydrogen-bond donors (Lipinski definition) is 0. The van der Waals surface area contributed by atoms with Gasteiger partial charge in [-0.3, -0.25) is 0 Å². The molecule has 0 unspecified atom stereocenters. The van der Waals surface area contributed by atoms with Crippen molar-refractivity contribution in [3.63, 3.8) is 0 Å². The fourth-order valence-corrected chi connectivity index (χ4v) is 4.13. The Morgan fingerprint density at radius 1 is 1.10 bits per heavy atom. The van der Waals surface area contributed by atoms with Gasteiger partial charge in [0, 0.05) is 46.0 Å². The summed E-state index contributed by atoms with van der Waals surface area (Å²) in [6.45, 7) is 10.9. The predicted octanol–water partition coefficient (Wildman–Crippen LogP) is 4.18. The first-order valence-corrected chi connectivity index (χ1v) is 10.6. The van der Waals surface area contributed by atoms with Crippen LogP contribution in [-0.2, 0) is 15.9 Å². The minimum Gasteiger partial charge on any atom is -0.465 e. The highest BCUT2D eigenvalue weighted by Gasteiger charge is 2.35. The van der Waals surface area contributed by atoms with Crippen molar-refractivity contribution in [2.45, 2.75) is 24.9 Å². The van der Waals surface area contributed by atoms with E-state index in [2.05, 4.69) is 33.8 Å². The molecular formula is C25H31N3O3. The van der Waals surface area contributed by atoms with E-state index < -0.39 is 0 Å². The van der Waals surface area contributed by atoms with E-state index in [1.54, 1.807) is 12.1 Å². The first kappa shape index (κ1) is 22.8. The summed E-state index contributed by atoms with van der Waals surface area (Å²) < 4.78 is 10.8. The van der Waals surface area contributed by atoms with Gasteiger partial charge in [-0.15, -0.1) is 0 Å². The first-order valence-electron chi connectivity index (χ1n) is 10.6. The second-order valence-corrected chi connectivity index (χ2v) is 8.15. The number of methoxy groups -OCH3 is 2. The SMILES string of the molecule is [C-]#[N+]c1ccc(CCN2CCC(CN(C)c3ccc(C(=O)OC)cc3)(OC)CC2)cc1. The Hall–Kier alpha value is -2.88. The van der Waals surface area contributed by atoms with Gasteiger partial charge in [0.05, 0.1) is 24.8 Å². The number of likely N-dealkylation sites (N-methyl/N-ethyl adjacent to an activating group) is 1. The molecule has 0 aliphatic carbocycles. The molecule has 0 saturated carbocycles. The van der Waals surface area contributed by atoms with Crippen molar-refractivity contribution < 1.29 is 14.3 Å². The zero-order valence-electron chi connectivity index (χ0n) is 18.6. The fourth-order valence-electron chi connectivity index (χ4n) is 4.13. The van der Waals surface area contributed by atoms with E-state index in [0.717, 1.165) is 51.1 Å². The van der Waals surface area contributed by atoms with Crippen molar-refractivity contribution in [1.29, 1.82) is 0 Å². The number of anilines is 1. The summed E-state index contributed by atoms with van der Waals surface area (Å²) in [6, 6.07) is 15.4. The maximum Gasteiger partial charge on any atom is 0.337 e. The summed E-state index contributed by atoms with van der Waals surface area (Å²) in [5.74, 6) is -0.322. The molecular weight excluding hydrogens is 390 g/mol. The van der Waals surface area contributed by atoms with E-state index in [-0.39, 0.29) is 11.6 Å². The van der Waals surface area contributed by atoms with Crippen molar-refractivity contribution >= 4 is 17.3 Å². The topological polar surface area (TPSA) is 46.4 Å². The molecule has 1 saturated heterocycles. The summed E-state index contributed by atoms with van der Waals surface area (Å²) in [5.41, 5.74) is 3.39. The smallest absolute Gasteiger partial charge is 0.337 e. The molecule has 31 heavy (non-hydrogen) atoms. The van der Waals surface area contributed by atoms with Crippen LogP contribution in [0.3, 0.4) is 0 Å². The number of carbonyl (C=O) groups is 1. The lowest BCUT2D eigenvalue weighted by atomic mass is 9.90. The van der Waals surface area contributed by atoms with Crippen molar-refractivity contribution in [3.8, 4) is 0 Å². The number of hydrogen-bond acceptors (Lipinski definition) is 5. The van der Waals surface area contributed by atoms with E-state index in [1.807, 2.05) is 31.4 Å². The maximum absolute atomic E-state index is 11.6. The standard InChI is InChI=1S/C25H31N3O3/c1-26-22-9-5-20(6-10-22)13-16-28-17-14-25(31-4,15-18-28)19-27(2)23-11-7-21(8-12-23)24(29)30-3/h5-12H,13-19H2,2-4H3. The van der Waals surface area contributed by atoms with Gasteiger partial charge in [-0.2, -0.15) is 0 Å². The van der Waals surface area contributed by atoms with Crippen LogP contribution in [0, 0.1) is 6.57 Å². The van der Waals surface area contributed by atoms with Crippen LogP contribution in [0.1, 0.15) is 28.8 Å². The van der Waals surface area contributed by atoms with Gasteiger partial charge < -0.3 is 19.3 Å². The van der Waals surface area contributed by atoms with E-state index in [0.29, 0.717) is 11.3 Å². The third-order valence-electron chi connectivity index (χ3n) is 6.24. The number of ether oxygens (including phenoxy) is 2. The lowest BCUT2D eigenvalue weighted by molar-refractivity contribution is -0.0500. The van der Waals surface area contributed by atoms with Gasteiger partial charge in [-0.05, 0) is 49.1 Å². The van der Waals surface area contributed by atoms with Gasteiger partial charge in [0.1, 0.15) is 0 Å². The number of nitrogens with zero attached hydrogens (tertiary/aromatic N) is 3. The normalized spacial score (nSPS) is 15.8. The van der Waals surface area contributed by atoms with Crippen molar-refractivity contribution in [3.05, 3.63) is 71.1 Å². The van der Waals surface area contributed by atoms with Gasteiger partial charge in [0.15, 0.2) is 5.69 Å². The number of benzene rings is 2. The van der Waals surface area contributed by atoms with Crippen LogP contribution < -0.4 is 4.90 Å². The van der Waals surface area contributed by atoms with Crippen LogP contribution in [0.25, 0.3) is 4.85 Å². The fraction of sp³-hybridized carbons (Fsp3) is 0.440. The van der Waals surface area contributed by atoms with Gasteiger partial charge in [0.25, 0.3) is 0 Å². The molecule has 0 spiro atoms. The molecule has 0 N–H and O–H groups in total. The average Bonchev–Trinajstić information content (AvgIpc) is 2.83. The quantitative estimate of drug-likeness (QED) is 0.473. The maximum atomic E-state index is 11.6. The molecule has 0 aromatic heterocycles. The third kappa shape index (κ3) is 5.84. The van der Waals surface area contributed by atoms with E-state index >= 15 is 0 Å². The summed E-state index contributed by atoms with van der Waals surface area (Å²) in [5, 5.41) is 0. The van der Waals surface area contributed by atoms with Crippen LogP contribution in [0.15, 0.2) is 48.5 Å². The molecule has 0 radical (unpaired) electrons. The van der Waals surface area contributed by atoms with Crippen molar-refractivity contribution in [2.75, 3.05) is 52.3 Å². The molecule has 1 heterocycles. The van der Waals surface area contributed by atoms with Gasteiger partial charge in [0.2, 0.25) is 0 Å². The third-order valence-corrected chi connectivity index (χ3v) is 6.24. The second kappa shape index (κ2) is 10.4. The Morgan fingerprint density at radius 2 is 1.74 bits per heavy atom. The highest BCUT2D eigenvalue weighted by atomic mass is 16.5. The Kier molecular flexibility index (Phi) is 7.67. The molecule has 1 aliphatic rings. The molecule has 1 aliphatic heterocycles. The molecule has 2 aromatic rings.